The minimum Gasteiger partial charge on any atom is -0.378 e. The topological polar surface area (TPSA) is 58.6 Å². The van der Waals surface area contributed by atoms with Crippen LogP contribution >= 0.6 is 22.6 Å². The Morgan fingerprint density at radius 2 is 1.84 bits per heavy atom. The molecule has 1 fully saturated rings. The van der Waals surface area contributed by atoms with Gasteiger partial charge in [0.2, 0.25) is 0 Å². The second-order valence-corrected chi connectivity index (χ2v) is 7.07. The number of nitrogens with zero attached hydrogens (tertiary/aromatic N) is 1. The molecule has 1 saturated heterocycles. The summed E-state index contributed by atoms with van der Waals surface area (Å²) in [7, 11) is 0. The molecule has 0 aromatic heterocycles. The standard InChI is InChI=1S/C19H19IN2O3/c1-13-5-6-14(12-17(13)20)18(23)21-16-4-2-3-15(11-16)19(24)22-7-9-25-10-8-22/h2-6,11-12H,7-10H2,1H3,(H,21,23). The van der Waals surface area contributed by atoms with Crippen LogP contribution in [0.25, 0.3) is 0 Å². The van der Waals surface area contributed by atoms with Crippen molar-refractivity contribution >= 4 is 40.1 Å². The zero-order valence-corrected chi connectivity index (χ0v) is 16.1. The van der Waals surface area contributed by atoms with Crippen molar-refractivity contribution in [1.82, 2.24) is 4.90 Å². The van der Waals surface area contributed by atoms with Crippen molar-refractivity contribution in [2.45, 2.75) is 6.92 Å². The van der Waals surface area contributed by atoms with Gasteiger partial charge in [-0.1, -0.05) is 12.1 Å². The van der Waals surface area contributed by atoms with Gasteiger partial charge in [0.05, 0.1) is 13.2 Å². The highest BCUT2D eigenvalue weighted by atomic mass is 127. The molecule has 0 unspecified atom stereocenters. The van der Waals surface area contributed by atoms with Crippen molar-refractivity contribution in [3.63, 3.8) is 0 Å². The molecule has 0 aliphatic carbocycles. The highest BCUT2D eigenvalue weighted by molar-refractivity contribution is 14.1. The van der Waals surface area contributed by atoms with Crippen LogP contribution in [0.3, 0.4) is 0 Å². The van der Waals surface area contributed by atoms with Crippen molar-refractivity contribution in [1.29, 1.82) is 0 Å². The van der Waals surface area contributed by atoms with Crippen molar-refractivity contribution in [3.8, 4) is 0 Å². The minimum absolute atomic E-state index is 0.0377. The Bertz CT molecular complexity index is 801. The predicted octanol–water partition coefficient (Wildman–Crippen LogP) is 3.32. The van der Waals surface area contributed by atoms with Gasteiger partial charge in [-0.05, 0) is 65.4 Å². The first kappa shape index (κ1) is 17.9. The average Bonchev–Trinajstić information content (AvgIpc) is 2.64. The van der Waals surface area contributed by atoms with Gasteiger partial charge in [0, 0.05) is 33.5 Å². The molecule has 3 rings (SSSR count). The fourth-order valence-corrected chi connectivity index (χ4v) is 3.13. The van der Waals surface area contributed by atoms with Gasteiger partial charge in [0.15, 0.2) is 0 Å². The van der Waals surface area contributed by atoms with E-state index in [1.54, 1.807) is 35.2 Å². The number of benzene rings is 2. The molecule has 130 valence electrons. The van der Waals surface area contributed by atoms with Crippen LogP contribution in [-0.4, -0.2) is 43.0 Å². The summed E-state index contributed by atoms with van der Waals surface area (Å²) in [6.07, 6.45) is 0. The number of ether oxygens (including phenoxy) is 1. The normalized spacial score (nSPS) is 14.2. The summed E-state index contributed by atoms with van der Waals surface area (Å²) in [5.41, 5.74) is 2.91. The van der Waals surface area contributed by atoms with E-state index in [1.807, 2.05) is 19.1 Å². The molecule has 2 aromatic rings. The van der Waals surface area contributed by atoms with Crippen molar-refractivity contribution < 1.29 is 14.3 Å². The fourth-order valence-electron chi connectivity index (χ4n) is 2.62. The Hall–Kier alpha value is -1.93. The molecule has 0 bridgehead atoms. The van der Waals surface area contributed by atoms with Crippen LogP contribution in [-0.2, 0) is 4.74 Å². The smallest absolute Gasteiger partial charge is 0.255 e. The van der Waals surface area contributed by atoms with E-state index in [9.17, 15) is 9.59 Å². The zero-order valence-electron chi connectivity index (χ0n) is 13.9. The molecule has 1 aliphatic heterocycles. The van der Waals surface area contributed by atoms with Crippen LogP contribution in [0.15, 0.2) is 42.5 Å². The SMILES string of the molecule is Cc1ccc(C(=O)Nc2cccc(C(=O)N3CCOCC3)c2)cc1I. The Kier molecular flexibility index (Phi) is 5.70. The molecule has 6 heteroatoms. The van der Waals surface area contributed by atoms with E-state index in [1.165, 1.54) is 0 Å². The molecule has 0 atom stereocenters. The lowest BCUT2D eigenvalue weighted by Crippen LogP contribution is -2.40. The fraction of sp³-hybridized carbons (Fsp3) is 0.263. The number of nitrogens with one attached hydrogen (secondary N) is 1. The molecule has 0 radical (unpaired) electrons. The molecule has 25 heavy (non-hydrogen) atoms. The summed E-state index contributed by atoms with van der Waals surface area (Å²) in [6, 6.07) is 12.6. The number of rotatable bonds is 3. The lowest BCUT2D eigenvalue weighted by Gasteiger charge is -2.27. The first-order chi connectivity index (χ1) is 12.0. The highest BCUT2D eigenvalue weighted by Crippen LogP contribution is 2.17. The maximum Gasteiger partial charge on any atom is 0.255 e. The number of hydrogen-bond acceptors (Lipinski definition) is 3. The van der Waals surface area contributed by atoms with Gasteiger partial charge >= 0.3 is 0 Å². The lowest BCUT2D eigenvalue weighted by atomic mass is 10.1. The third-order valence-electron chi connectivity index (χ3n) is 4.10. The average molecular weight is 450 g/mol. The molecular formula is C19H19IN2O3. The van der Waals surface area contributed by atoms with Gasteiger partial charge in [-0.25, -0.2) is 0 Å². The Balaban J connectivity index is 1.73. The van der Waals surface area contributed by atoms with Gasteiger partial charge in [0.1, 0.15) is 0 Å². The monoisotopic (exact) mass is 450 g/mol. The Morgan fingerprint density at radius 1 is 1.08 bits per heavy atom. The number of aryl methyl sites for hydroxylation is 1. The predicted molar refractivity (Wildman–Crippen MR) is 105 cm³/mol. The summed E-state index contributed by atoms with van der Waals surface area (Å²) < 4.78 is 6.32. The molecular weight excluding hydrogens is 431 g/mol. The van der Waals surface area contributed by atoms with Crippen LogP contribution in [0.2, 0.25) is 0 Å². The van der Waals surface area contributed by atoms with Gasteiger partial charge in [-0.3, -0.25) is 9.59 Å². The van der Waals surface area contributed by atoms with E-state index in [-0.39, 0.29) is 11.8 Å². The number of anilines is 1. The van der Waals surface area contributed by atoms with E-state index in [0.717, 1.165) is 9.13 Å². The minimum atomic E-state index is -0.186. The van der Waals surface area contributed by atoms with E-state index in [2.05, 4.69) is 27.9 Å². The van der Waals surface area contributed by atoms with Gasteiger partial charge in [-0.2, -0.15) is 0 Å². The number of amides is 2. The third-order valence-corrected chi connectivity index (χ3v) is 5.26. The van der Waals surface area contributed by atoms with E-state index in [0.29, 0.717) is 43.1 Å². The van der Waals surface area contributed by atoms with Crippen LogP contribution in [0, 0.1) is 10.5 Å². The summed E-state index contributed by atoms with van der Waals surface area (Å²) >= 11 is 2.21. The van der Waals surface area contributed by atoms with Crippen LogP contribution < -0.4 is 5.32 Å². The summed E-state index contributed by atoms with van der Waals surface area (Å²) in [4.78, 5) is 26.8. The van der Waals surface area contributed by atoms with Crippen LogP contribution in [0.5, 0.6) is 0 Å². The van der Waals surface area contributed by atoms with Crippen molar-refractivity contribution in [2.75, 3.05) is 31.6 Å². The van der Waals surface area contributed by atoms with Gasteiger partial charge in [-0.15, -0.1) is 0 Å². The van der Waals surface area contributed by atoms with E-state index in [4.69, 9.17) is 4.74 Å². The second-order valence-electron chi connectivity index (χ2n) is 5.90. The quantitative estimate of drug-likeness (QED) is 0.731. The summed E-state index contributed by atoms with van der Waals surface area (Å²) in [5.74, 6) is -0.224. The number of halogens is 1. The van der Waals surface area contributed by atoms with E-state index < -0.39 is 0 Å². The van der Waals surface area contributed by atoms with Gasteiger partial charge < -0.3 is 15.0 Å². The number of morpholine rings is 1. The molecule has 2 aromatic carbocycles. The van der Waals surface area contributed by atoms with Crippen LogP contribution in [0.1, 0.15) is 26.3 Å². The number of carbonyl (C=O) groups excluding carboxylic acids is 2. The molecule has 2 amide bonds. The number of carbonyl (C=O) groups is 2. The maximum atomic E-state index is 12.5. The van der Waals surface area contributed by atoms with Gasteiger partial charge in [0.25, 0.3) is 11.8 Å². The van der Waals surface area contributed by atoms with Crippen molar-refractivity contribution in [3.05, 3.63) is 62.7 Å². The zero-order chi connectivity index (χ0) is 17.8. The maximum absolute atomic E-state index is 12.5. The molecule has 1 heterocycles. The molecule has 0 saturated carbocycles. The largest absolute Gasteiger partial charge is 0.378 e. The Morgan fingerprint density at radius 3 is 2.56 bits per heavy atom. The molecule has 0 spiro atoms. The summed E-state index contributed by atoms with van der Waals surface area (Å²) in [6.45, 7) is 4.32. The van der Waals surface area contributed by atoms with Crippen molar-refractivity contribution in [2.24, 2.45) is 0 Å². The molecule has 1 N–H and O–H groups in total. The molecule has 1 aliphatic rings. The van der Waals surface area contributed by atoms with Crippen LogP contribution in [0.4, 0.5) is 5.69 Å². The highest BCUT2D eigenvalue weighted by Gasteiger charge is 2.19. The first-order valence-electron chi connectivity index (χ1n) is 8.09. The second kappa shape index (κ2) is 7.97. The first-order valence-corrected chi connectivity index (χ1v) is 9.17. The third kappa shape index (κ3) is 4.38. The lowest BCUT2D eigenvalue weighted by molar-refractivity contribution is 0.0303. The molecule has 5 nitrogen and oxygen atoms in total. The number of hydrogen-bond donors (Lipinski definition) is 1. The van der Waals surface area contributed by atoms with E-state index >= 15 is 0 Å². The summed E-state index contributed by atoms with van der Waals surface area (Å²) in [5, 5.41) is 2.87. The Labute approximate surface area is 160 Å².